The van der Waals surface area contributed by atoms with Gasteiger partial charge in [0.15, 0.2) is 11.0 Å². The van der Waals surface area contributed by atoms with Crippen molar-refractivity contribution in [1.82, 2.24) is 19.5 Å². The number of nitrogens with two attached hydrogens (primary N) is 1. The van der Waals surface area contributed by atoms with Crippen LogP contribution >= 0.6 is 7.60 Å². The highest BCUT2D eigenvalue weighted by Gasteiger charge is 2.56. The van der Waals surface area contributed by atoms with Gasteiger partial charge in [-0.05, 0) is 25.7 Å². The number of rotatable bonds is 7. The third-order valence-corrected chi connectivity index (χ3v) is 6.35. The van der Waals surface area contributed by atoms with E-state index in [1.54, 1.807) is 11.5 Å². The zero-order valence-corrected chi connectivity index (χ0v) is 14.6. The van der Waals surface area contributed by atoms with Crippen LogP contribution in [0.25, 0.3) is 11.2 Å². The van der Waals surface area contributed by atoms with Gasteiger partial charge in [-0.15, -0.1) is 0 Å². The lowest BCUT2D eigenvalue weighted by molar-refractivity contribution is -0.0823. The molecule has 9 nitrogen and oxygen atoms in total. The average Bonchev–Trinajstić information content (AvgIpc) is 3.20. The Labute approximate surface area is 139 Å². The molecule has 1 atom stereocenters. The van der Waals surface area contributed by atoms with Crippen molar-refractivity contribution in [2.45, 2.75) is 57.0 Å². The Bertz CT molecular complexity index is 800. The maximum atomic E-state index is 12.3. The van der Waals surface area contributed by atoms with Crippen LogP contribution in [0.3, 0.4) is 0 Å². The Morgan fingerprint density at radius 2 is 2.12 bits per heavy atom. The number of hydrogen-bond donors (Lipinski definition) is 3. The maximum Gasteiger partial charge on any atom is 0.358 e. The zero-order valence-electron chi connectivity index (χ0n) is 13.7. The van der Waals surface area contributed by atoms with Crippen LogP contribution in [-0.2, 0) is 15.8 Å². The summed E-state index contributed by atoms with van der Waals surface area (Å²) in [4.78, 5) is 32.2. The summed E-state index contributed by atoms with van der Waals surface area (Å²) in [5.74, 6) is 0.0793. The number of anilines is 1. The van der Waals surface area contributed by atoms with Crippen LogP contribution < -0.4 is 5.73 Å². The molecule has 1 fully saturated rings. The number of imidazole rings is 1. The number of hydrogen-bond acceptors (Lipinski definition) is 6. The minimum absolute atomic E-state index is 0.0531. The van der Waals surface area contributed by atoms with Crippen LogP contribution in [-0.4, -0.2) is 40.2 Å². The molecule has 24 heavy (non-hydrogen) atoms. The molecule has 132 valence electrons. The van der Waals surface area contributed by atoms with Gasteiger partial charge in [0.2, 0.25) is 5.95 Å². The summed E-state index contributed by atoms with van der Waals surface area (Å²) in [6.07, 6.45) is 5.46. The summed E-state index contributed by atoms with van der Waals surface area (Å²) in [6.45, 7) is 3.63. The van der Waals surface area contributed by atoms with Crippen LogP contribution in [0.4, 0.5) is 5.95 Å². The lowest BCUT2D eigenvalue weighted by Crippen LogP contribution is -2.41. The molecule has 0 radical (unpaired) electrons. The first-order valence-electron chi connectivity index (χ1n) is 7.93. The standard InChI is InChI=1S/C14H22N5O4P/c1-3-13(5-6-13)23-14(4-2,24(20,21)22)8-19-9-17-10-7-16-12(15)18-11(10)19/h7,9H,3-6,8H2,1-2H3,(H2,15,16,18)(H2,20,21,22). The largest absolute Gasteiger partial charge is 0.368 e. The van der Waals surface area contributed by atoms with Gasteiger partial charge in [0.1, 0.15) is 5.52 Å². The number of aromatic nitrogens is 4. The number of fused-ring (bicyclic) bond motifs is 1. The van der Waals surface area contributed by atoms with Gasteiger partial charge in [-0.25, -0.2) is 9.97 Å². The molecule has 1 aliphatic rings. The summed E-state index contributed by atoms with van der Waals surface area (Å²) >= 11 is 0. The molecule has 2 aromatic heterocycles. The van der Waals surface area contributed by atoms with E-state index in [2.05, 4.69) is 15.0 Å². The second-order valence-corrected chi connectivity index (χ2v) is 8.20. The third kappa shape index (κ3) is 2.93. The number of nitrogens with zero attached hydrogens (tertiary/aromatic N) is 4. The molecule has 2 aromatic rings. The van der Waals surface area contributed by atoms with E-state index in [1.165, 1.54) is 12.5 Å². The Kier molecular flexibility index (Phi) is 4.16. The van der Waals surface area contributed by atoms with E-state index in [1.807, 2.05) is 6.92 Å². The number of nitrogen functional groups attached to an aromatic ring is 1. The molecule has 3 rings (SSSR count). The van der Waals surface area contributed by atoms with E-state index in [0.29, 0.717) is 17.6 Å². The van der Waals surface area contributed by atoms with Gasteiger partial charge in [0.05, 0.1) is 24.7 Å². The molecule has 0 bridgehead atoms. The van der Waals surface area contributed by atoms with Crippen molar-refractivity contribution in [2.24, 2.45) is 0 Å². The lowest BCUT2D eigenvalue weighted by atomic mass is 10.2. The Balaban J connectivity index is 2.02. The van der Waals surface area contributed by atoms with Crippen molar-refractivity contribution in [2.75, 3.05) is 5.73 Å². The van der Waals surface area contributed by atoms with Gasteiger partial charge in [-0.3, -0.25) is 4.57 Å². The van der Waals surface area contributed by atoms with Gasteiger partial charge in [-0.2, -0.15) is 4.98 Å². The highest BCUT2D eigenvalue weighted by Crippen LogP contribution is 2.59. The van der Waals surface area contributed by atoms with E-state index in [0.717, 1.165) is 12.8 Å². The highest BCUT2D eigenvalue weighted by molar-refractivity contribution is 7.53. The van der Waals surface area contributed by atoms with E-state index in [9.17, 15) is 14.4 Å². The van der Waals surface area contributed by atoms with Crippen LogP contribution in [0, 0.1) is 0 Å². The van der Waals surface area contributed by atoms with Crippen molar-refractivity contribution in [3.05, 3.63) is 12.5 Å². The molecule has 1 aliphatic carbocycles. The fourth-order valence-corrected chi connectivity index (χ4v) is 3.96. The zero-order chi connectivity index (χ0) is 17.6. The molecule has 10 heteroatoms. The molecule has 4 N–H and O–H groups in total. The van der Waals surface area contributed by atoms with Gasteiger partial charge in [-0.1, -0.05) is 13.8 Å². The van der Waals surface area contributed by atoms with E-state index in [4.69, 9.17) is 10.5 Å². The van der Waals surface area contributed by atoms with Crippen molar-refractivity contribution in [3.8, 4) is 0 Å². The van der Waals surface area contributed by atoms with Gasteiger partial charge >= 0.3 is 7.60 Å². The molecule has 0 saturated heterocycles. The monoisotopic (exact) mass is 355 g/mol. The molecule has 0 aromatic carbocycles. The normalized spacial score (nSPS) is 19.3. The first-order valence-corrected chi connectivity index (χ1v) is 9.54. The van der Waals surface area contributed by atoms with Crippen LogP contribution in [0.5, 0.6) is 0 Å². The molecular weight excluding hydrogens is 333 g/mol. The first kappa shape index (κ1) is 17.3. The molecule has 0 aliphatic heterocycles. The maximum absolute atomic E-state index is 12.3. The molecule has 2 heterocycles. The smallest absolute Gasteiger partial charge is 0.358 e. The summed E-state index contributed by atoms with van der Waals surface area (Å²) in [7, 11) is -4.55. The second-order valence-electron chi connectivity index (χ2n) is 6.29. The third-order valence-electron chi connectivity index (χ3n) is 4.74. The van der Waals surface area contributed by atoms with Crippen molar-refractivity contribution in [1.29, 1.82) is 0 Å². The molecule has 1 saturated carbocycles. The topological polar surface area (TPSA) is 136 Å². The Hall–Kier alpha value is -1.54. The summed E-state index contributed by atoms with van der Waals surface area (Å²) in [6, 6.07) is 0. The van der Waals surface area contributed by atoms with Crippen LogP contribution in [0.1, 0.15) is 39.5 Å². The van der Waals surface area contributed by atoms with Crippen molar-refractivity contribution >= 4 is 24.7 Å². The minimum atomic E-state index is -4.55. The SMILES string of the molecule is CCC1(OC(CC)(Cn2cnc3cnc(N)nc32)P(=O)(O)O)CC1. The average molecular weight is 355 g/mol. The van der Waals surface area contributed by atoms with Gasteiger partial charge in [0.25, 0.3) is 0 Å². The van der Waals surface area contributed by atoms with E-state index < -0.39 is 18.5 Å². The van der Waals surface area contributed by atoms with Crippen molar-refractivity contribution < 1.29 is 19.1 Å². The summed E-state index contributed by atoms with van der Waals surface area (Å²) in [5, 5.41) is -1.62. The lowest BCUT2D eigenvalue weighted by Gasteiger charge is -2.37. The Morgan fingerprint density at radius 3 is 2.67 bits per heavy atom. The van der Waals surface area contributed by atoms with Crippen LogP contribution in [0.15, 0.2) is 12.5 Å². The molecule has 1 unspecified atom stereocenters. The van der Waals surface area contributed by atoms with Crippen molar-refractivity contribution in [3.63, 3.8) is 0 Å². The Morgan fingerprint density at radius 1 is 1.42 bits per heavy atom. The molecular formula is C14H22N5O4P. The fourth-order valence-electron chi connectivity index (χ4n) is 2.89. The fraction of sp³-hybridized carbons (Fsp3) is 0.643. The molecule has 0 spiro atoms. The highest BCUT2D eigenvalue weighted by atomic mass is 31.2. The van der Waals surface area contributed by atoms with E-state index >= 15 is 0 Å². The predicted octanol–water partition coefficient (Wildman–Crippen LogP) is 1.65. The minimum Gasteiger partial charge on any atom is -0.368 e. The quantitative estimate of drug-likeness (QED) is 0.638. The van der Waals surface area contributed by atoms with Gasteiger partial charge < -0.3 is 24.8 Å². The van der Waals surface area contributed by atoms with Gasteiger partial charge in [0, 0.05) is 0 Å². The predicted molar refractivity (Wildman–Crippen MR) is 88.1 cm³/mol. The second kappa shape index (κ2) is 5.77. The van der Waals surface area contributed by atoms with E-state index in [-0.39, 0.29) is 18.9 Å². The summed E-state index contributed by atoms with van der Waals surface area (Å²) < 4.78 is 20.0. The summed E-state index contributed by atoms with van der Waals surface area (Å²) in [5.41, 5.74) is 6.12. The number of ether oxygens (including phenoxy) is 1. The molecule has 0 amide bonds. The first-order chi connectivity index (χ1) is 11.2. The van der Waals surface area contributed by atoms with Crippen LogP contribution in [0.2, 0.25) is 0 Å².